The fourth-order valence-corrected chi connectivity index (χ4v) is 4.40. The van der Waals surface area contributed by atoms with Crippen molar-refractivity contribution in [2.24, 2.45) is 5.92 Å². The Morgan fingerprint density at radius 1 is 1.19 bits per heavy atom. The number of carbonyl (C=O) groups excluding carboxylic acids is 1. The van der Waals surface area contributed by atoms with E-state index in [2.05, 4.69) is 5.32 Å². The number of hydrogen-bond acceptors (Lipinski definition) is 5. The van der Waals surface area contributed by atoms with Gasteiger partial charge in [-0.3, -0.25) is 9.69 Å². The molecule has 2 aliphatic heterocycles. The average Bonchev–Trinajstić information content (AvgIpc) is 2.67. The molecule has 2 aromatic rings. The van der Waals surface area contributed by atoms with Gasteiger partial charge in [-0.2, -0.15) is 0 Å². The lowest BCUT2D eigenvalue weighted by Crippen LogP contribution is -2.71. The molecule has 2 aliphatic rings. The van der Waals surface area contributed by atoms with Crippen LogP contribution in [0.15, 0.2) is 48.5 Å². The molecule has 2 aromatic carbocycles. The van der Waals surface area contributed by atoms with Gasteiger partial charge in [0.25, 0.3) is 0 Å². The van der Waals surface area contributed by atoms with Crippen LogP contribution in [0.1, 0.15) is 18.5 Å². The molecule has 0 spiro atoms. The van der Waals surface area contributed by atoms with E-state index in [-0.39, 0.29) is 12.0 Å². The smallest absolute Gasteiger partial charge is 0.317 e. The third kappa shape index (κ3) is 2.53. The summed E-state index contributed by atoms with van der Waals surface area (Å²) < 4.78 is 17.1. The van der Waals surface area contributed by atoms with E-state index in [0.29, 0.717) is 16.6 Å². The molecule has 0 aliphatic carbocycles. The third-order valence-corrected chi connectivity index (χ3v) is 5.48. The predicted molar refractivity (Wildman–Crippen MR) is 105 cm³/mol. The number of para-hydroxylation sites is 2. The Labute approximate surface area is 163 Å². The number of anilines is 1. The van der Waals surface area contributed by atoms with Gasteiger partial charge in [0.05, 0.1) is 20.3 Å². The van der Waals surface area contributed by atoms with Gasteiger partial charge in [-0.05, 0) is 37.3 Å². The van der Waals surface area contributed by atoms with Gasteiger partial charge in [0, 0.05) is 11.3 Å². The zero-order valence-electron chi connectivity index (χ0n) is 15.3. The Morgan fingerprint density at radius 3 is 2.59 bits per heavy atom. The molecule has 2 bridgehead atoms. The van der Waals surface area contributed by atoms with Gasteiger partial charge in [0.1, 0.15) is 5.92 Å². The number of esters is 1. The van der Waals surface area contributed by atoms with E-state index >= 15 is 0 Å². The monoisotopic (exact) mass is 384 g/mol. The van der Waals surface area contributed by atoms with Gasteiger partial charge < -0.3 is 19.5 Å². The first-order valence-electron chi connectivity index (χ1n) is 8.60. The van der Waals surface area contributed by atoms with E-state index in [1.165, 1.54) is 7.11 Å². The standard InChI is InChI=1S/C20H20N2O4S/c1-20-15(18(23)25-3)16(13-10-7-11-14(24-2)17(13)26-20)21-19(27)22(20)12-8-5-4-6-9-12/h4-11,15-16H,1-3H3,(H,21,27)/t15-,16+,20+/m1/s1. The molecule has 27 heavy (non-hydrogen) atoms. The maximum atomic E-state index is 12.8. The first-order chi connectivity index (χ1) is 13.0. The van der Waals surface area contributed by atoms with Crippen molar-refractivity contribution in [2.75, 3.05) is 19.1 Å². The molecule has 4 rings (SSSR count). The second kappa shape index (κ2) is 6.42. The lowest BCUT2D eigenvalue weighted by molar-refractivity contribution is -0.157. The van der Waals surface area contributed by atoms with Crippen LogP contribution >= 0.6 is 12.2 Å². The van der Waals surface area contributed by atoms with E-state index in [4.69, 9.17) is 26.4 Å². The number of thiocarbonyl (C=S) groups is 1. The molecule has 3 atom stereocenters. The van der Waals surface area contributed by atoms with Crippen molar-refractivity contribution in [1.29, 1.82) is 0 Å². The van der Waals surface area contributed by atoms with E-state index < -0.39 is 11.6 Å². The number of rotatable bonds is 3. The molecule has 6 nitrogen and oxygen atoms in total. The van der Waals surface area contributed by atoms with Crippen molar-refractivity contribution >= 4 is 29.0 Å². The first kappa shape index (κ1) is 17.6. The number of nitrogens with zero attached hydrogens (tertiary/aromatic N) is 1. The fraction of sp³-hybridized carbons (Fsp3) is 0.300. The van der Waals surface area contributed by atoms with E-state index in [0.717, 1.165) is 11.3 Å². The lowest BCUT2D eigenvalue weighted by Gasteiger charge is -2.55. The zero-order chi connectivity index (χ0) is 19.2. The second-order valence-electron chi connectivity index (χ2n) is 6.63. The Balaban J connectivity index is 1.94. The molecule has 0 amide bonds. The average molecular weight is 384 g/mol. The number of ether oxygens (including phenoxy) is 3. The van der Waals surface area contributed by atoms with Gasteiger partial charge in [0.15, 0.2) is 16.6 Å². The van der Waals surface area contributed by atoms with Gasteiger partial charge in [0.2, 0.25) is 5.72 Å². The quantitative estimate of drug-likeness (QED) is 0.645. The van der Waals surface area contributed by atoms with Crippen LogP contribution in [0.25, 0.3) is 0 Å². The van der Waals surface area contributed by atoms with Crippen LogP contribution in [0.3, 0.4) is 0 Å². The highest BCUT2D eigenvalue weighted by atomic mass is 32.1. The van der Waals surface area contributed by atoms with Crippen LogP contribution in [-0.2, 0) is 9.53 Å². The molecule has 140 valence electrons. The summed E-state index contributed by atoms with van der Waals surface area (Å²) >= 11 is 5.65. The number of carbonyl (C=O) groups is 1. The van der Waals surface area contributed by atoms with Crippen LogP contribution in [0.5, 0.6) is 11.5 Å². The summed E-state index contributed by atoms with van der Waals surface area (Å²) in [4.78, 5) is 14.6. The minimum atomic E-state index is -1.08. The summed E-state index contributed by atoms with van der Waals surface area (Å²) in [6.45, 7) is 1.86. The molecule has 1 N–H and O–H groups in total. The summed E-state index contributed by atoms with van der Waals surface area (Å²) in [5.74, 6) is 0.208. The molecular weight excluding hydrogens is 364 g/mol. The largest absolute Gasteiger partial charge is 0.493 e. The SMILES string of the molecule is COC(=O)[C@H]1[C@H]2NC(=S)N(c3ccccc3)[C@@]1(C)Oc1c(OC)cccc12. The summed E-state index contributed by atoms with van der Waals surface area (Å²) in [6, 6.07) is 14.8. The number of benzene rings is 2. The molecule has 1 fully saturated rings. The molecule has 7 heteroatoms. The Kier molecular flexibility index (Phi) is 4.19. The highest BCUT2D eigenvalue weighted by Crippen LogP contribution is 2.52. The van der Waals surface area contributed by atoms with Crippen molar-refractivity contribution in [1.82, 2.24) is 5.32 Å². The summed E-state index contributed by atoms with van der Waals surface area (Å²) in [6.07, 6.45) is 0. The second-order valence-corrected chi connectivity index (χ2v) is 7.02. The van der Waals surface area contributed by atoms with Gasteiger partial charge in [-0.15, -0.1) is 0 Å². The van der Waals surface area contributed by atoms with Crippen molar-refractivity contribution in [2.45, 2.75) is 18.7 Å². The van der Waals surface area contributed by atoms with Gasteiger partial charge in [-0.1, -0.05) is 30.3 Å². The van der Waals surface area contributed by atoms with Gasteiger partial charge in [-0.25, -0.2) is 0 Å². The van der Waals surface area contributed by atoms with E-state index in [1.807, 2.05) is 60.4 Å². The first-order valence-corrected chi connectivity index (χ1v) is 9.01. The Morgan fingerprint density at radius 2 is 1.93 bits per heavy atom. The van der Waals surface area contributed by atoms with Crippen LogP contribution in [0, 0.1) is 5.92 Å². The summed E-state index contributed by atoms with van der Waals surface area (Å²) in [5.41, 5.74) is 0.559. The molecule has 0 unspecified atom stereocenters. The number of fused-ring (bicyclic) bond motifs is 4. The normalized spacial score (nSPS) is 25.7. The van der Waals surface area contributed by atoms with E-state index in [1.54, 1.807) is 7.11 Å². The number of nitrogens with one attached hydrogen (secondary N) is 1. The fourth-order valence-electron chi connectivity index (χ4n) is 3.98. The maximum Gasteiger partial charge on any atom is 0.317 e. The molecule has 0 radical (unpaired) electrons. The van der Waals surface area contributed by atoms with Crippen molar-refractivity contribution in [3.05, 3.63) is 54.1 Å². The van der Waals surface area contributed by atoms with Crippen LogP contribution < -0.4 is 19.7 Å². The van der Waals surface area contributed by atoms with Crippen LogP contribution in [-0.4, -0.2) is 31.0 Å². The van der Waals surface area contributed by atoms with Crippen molar-refractivity contribution in [3.63, 3.8) is 0 Å². The van der Waals surface area contributed by atoms with E-state index in [9.17, 15) is 4.79 Å². The molecule has 0 saturated carbocycles. The topological polar surface area (TPSA) is 60.0 Å². The summed E-state index contributed by atoms with van der Waals surface area (Å²) in [7, 11) is 2.98. The Hall–Kier alpha value is -2.80. The number of hydrogen-bond donors (Lipinski definition) is 1. The molecule has 2 heterocycles. The van der Waals surface area contributed by atoms with Crippen molar-refractivity contribution in [3.8, 4) is 11.5 Å². The van der Waals surface area contributed by atoms with Crippen molar-refractivity contribution < 1.29 is 19.0 Å². The zero-order valence-corrected chi connectivity index (χ0v) is 16.1. The third-order valence-electron chi connectivity index (χ3n) is 5.18. The number of methoxy groups -OCH3 is 2. The highest BCUT2D eigenvalue weighted by molar-refractivity contribution is 7.80. The highest BCUT2D eigenvalue weighted by Gasteiger charge is 2.60. The summed E-state index contributed by atoms with van der Waals surface area (Å²) in [5, 5.41) is 3.80. The lowest BCUT2D eigenvalue weighted by atomic mass is 9.79. The molecule has 1 saturated heterocycles. The minimum Gasteiger partial charge on any atom is -0.493 e. The van der Waals surface area contributed by atoms with Crippen LogP contribution in [0.2, 0.25) is 0 Å². The minimum absolute atomic E-state index is 0.369. The molecular formula is C20H20N2O4S. The maximum absolute atomic E-state index is 12.8. The predicted octanol–water partition coefficient (Wildman–Crippen LogP) is 3.03. The molecule has 0 aromatic heterocycles. The van der Waals surface area contributed by atoms with Gasteiger partial charge >= 0.3 is 5.97 Å². The Bertz CT molecular complexity index is 904. The van der Waals surface area contributed by atoms with Crippen LogP contribution in [0.4, 0.5) is 5.69 Å².